The minimum Gasteiger partial charge on any atom is -0.790 e. The van der Waals surface area contributed by atoms with E-state index in [4.69, 9.17) is 0 Å². The molecule has 0 aliphatic carbocycles. The van der Waals surface area contributed by atoms with Gasteiger partial charge in [0.15, 0.2) is 0 Å². The van der Waals surface area contributed by atoms with Crippen LogP contribution in [-0.2, 0) is 9.09 Å². The van der Waals surface area contributed by atoms with Crippen LogP contribution in [-0.4, -0.2) is 47.8 Å². The van der Waals surface area contributed by atoms with Gasteiger partial charge in [0.25, 0.3) is 0 Å². The Morgan fingerprint density at radius 2 is 0.700 bits per heavy atom. The van der Waals surface area contributed by atoms with E-state index in [2.05, 4.69) is 0 Å². The van der Waals surface area contributed by atoms with Crippen LogP contribution in [0.15, 0.2) is 0 Å². The van der Waals surface area contributed by atoms with E-state index in [0.29, 0.717) is 0 Å². The molecule has 0 saturated carbocycles. The third kappa shape index (κ3) is 3.92. The monoisotopic (exact) mass is 514 g/mol. The fourth-order valence-electron chi connectivity index (χ4n) is 1.35. The van der Waals surface area contributed by atoms with Crippen LogP contribution in [0.3, 0.4) is 0 Å². The van der Waals surface area contributed by atoms with Crippen LogP contribution in [0.1, 0.15) is 0 Å². The number of hydrogen-bond donors (Lipinski definition) is 0. The van der Waals surface area contributed by atoms with Crippen LogP contribution < -0.4 is 9.79 Å². The molecule has 0 rings (SSSR count). The van der Waals surface area contributed by atoms with Gasteiger partial charge in [0.2, 0.25) is 0 Å². The summed E-state index contributed by atoms with van der Waals surface area (Å²) in [4.78, 5) is 19.6. The molecular weight excluding hydrogens is 514 g/mol. The van der Waals surface area contributed by atoms with Gasteiger partial charge in [-0.25, -0.2) is 0 Å². The summed E-state index contributed by atoms with van der Waals surface area (Å²) in [7, 11) is -7.54. The normalized spacial score (nSPS) is 16.8. The first-order valence-electron chi connectivity index (χ1n) is 5.90. The van der Waals surface area contributed by atoms with Crippen molar-refractivity contribution in [1.29, 1.82) is 0 Å². The average Bonchev–Trinajstić information content (AvgIpc) is 2.41. The van der Waals surface area contributed by atoms with Gasteiger partial charge in [-0.3, -0.25) is 4.52 Å². The van der Waals surface area contributed by atoms with Crippen molar-refractivity contribution in [2.24, 2.45) is 0 Å². The molecule has 0 aromatic carbocycles. The first-order chi connectivity index (χ1) is 12.5. The van der Waals surface area contributed by atoms with E-state index in [-0.39, 0.29) is 0 Å². The molecule has 0 amide bonds. The standard InChI is InChI=1S/C8H2F17O4P/c9-1(10,3(13,14)5(17,18)7(21,22)23)2(11,12)4(15,16)6(19,20)8(24,25)29-30(26,27)28/h(H2,26,27,28)/p-2. The Balaban J connectivity index is 6.73. The molecule has 0 N–H and O–H groups in total. The maximum absolute atomic E-state index is 13.1. The summed E-state index contributed by atoms with van der Waals surface area (Å²) in [5.41, 5.74) is 0. The molecule has 30 heavy (non-hydrogen) atoms. The number of phosphoric acid groups is 1. The second-order valence-corrected chi connectivity index (χ2v) is 6.08. The molecule has 0 aromatic heterocycles. The van der Waals surface area contributed by atoms with Gasteiger partial charge in [-0.05, 0) is 0 Å². The molecule has 4 nitrogen and oxygen atoms in total. The van der Waals surface area contributed by atoms with E-state index in [1.165, 1.54) is 4.52 Å². The molecular formula is C8F17O4P-2. The van der Waals surface area contributed by atoms with Crippen LogP contribution in [0.2, 0.25) is 0 Å². The molecule has 0 unspecified atom stereocenters. The van der Waals surface area contributed by atoms with Crippen molar-refractivity contribution in [2.75, 3.05) is 0 Å². The van der Waals surface area contributed by atoms with Gasteiger partial charge in [-0.2, -0.15) is 74.6 Å². The van der Waals surface area contributed by atoms with Crippen molar-refractivity contribution in [3.8, 4) is 0 Å². The van der Waals surface area contributed by atoms with Gasteiger partial charge < -0.3 is 14.4 Å². The highest BCUT2D eigenvalue weighted by Crippen LogP contribution is 2.64. The molecule has 0 fully saturated rings. The lowest BCUT2D eigenvalue weighted by atomic mass is 9.91. The summed E-state index contributed by atoms with van der Waals surface area (Å²) < 4.78 is 227. The zero-order chi connectivity index (χ0) is 25.2. The van der Waals surface area contributed by atoms with Crippen molar-refractivity contribution in [1.82, 2.24) is 0 Å². The lowest BCUT2D eigenvalue weighted by Gasteiger charge is -2.43. The highest BCUT2D eigenvalue weighted by molar-refractivity contribution is 7.43. The average molecular weight is 514 g/mol. The number of rotatable bonds is 8. The Kier molecular flexibility index (Phi) is 6.71. The van der Waals surface area contributed by atoms with Crippen LogP contribution in [0.5, 0.6) is 0 Å². The molecule has 0 aliphatic rings. The zero-order valence-electron chi connectivity index (χ0n) is 12.5. The molecule has 0 aliphatic heterocycles. The topological polar surface area (TPSA) is 72.4 Å². The quantitative estimate of drug-likeness (QED) is 0.365. The first kappa shape index (κ1) is 28.9. The summed E-state index contributed by atoms with van der Waals surface area (Å²) in [6, 6.07) is 0. The first-order valence-corrected chi connectivity index (χ1v) is 7.36. The predicted octanol–water partition coefficient (Wildman–Crippen LogP) is 3.80. The fraction of sp³-hybridized carbons (Fsp3) is 1.00. The van der Waals surface area contributed by atoms with E-state index in [0.717, 1.165) is 0 Å². The predicted molar refractivity (Wildman–Crippen MR) is 49.4 cm³/mol. The number of phosphoric ester groups is 1. The van der Waals surface area contributed by atoms with Gasteiger partial charge in [0, 0.05) is 0 Å². The number of hydrogen-bond acceptors (Lipinski definition) is 4. The summed E-state index contributed by atoms with van der Waals surface area (Å²) in [6.07, 6.45) is -15.6. The van der Waals surface area contributed by atoms with E-state index < -0.39 is 55.6 Å². The maximum Gasteiger partial charge on any atom is 0.460 e. The molecule has 0 heterocycles. The third-order valence-corrected chi connectivity index (χ3v) is 3.37. The highest BCUT2D eigenvalue weighted by atomic mass is 31.2. The van der Waals surface area contributed by atoms with Crippen molar-refractivity contribution in [2.45, 2.75) is 47.8 Å². The molecule has 0 atom stereocenters. The minimum atomic E-state index is -8.88. The minimum absolute atomic E-state index is 1.48. The summed E-state index contributed by atoms with van der Waals surface area (Å²) in [5, 5.41) is 0. The molecule has 182 valence electrons. The lowest BCUT2D eigenvalue weighted by molar-refractivity contribution is -0.477. The second kappa shape index (κ2) is 6.96. The lowest BCUT2D eigenvalue weighted by Crippen LogP contribution is -2.74. The van der Waals surface area contributed by atoms with Gasteiger partial charge in [0.1, 0.15) is 0 Å². The summed E-state index contributed by atoms with van der Waals surface area (Å²) >= 11 is 0. The molecule has 0 bridgehead atoms. The summed E-state index contributed by atoms with van der Waals surface area (Å²) in [5.74, 6) is -51.9. The van der Waals surface area contributed by atoms with E-state index in [1.54, 1.807) is 0 Å². The van der Waals surface area contributed by atoms with Crippen molar-refractivity contribution in [3.63, 3.8) is 0 Å². The van der Waals surface area contributed by atoms with Crippen LogP contribution in [0.4, 0.5) is 74.6 Å². The van der Waals surface area contributed by atoms with Crippen molar-refractivity contribution in [3.05, 3.63) is 0 Å². The van der Waals surface area contributed by atoms with Crippen LogP contribution in [0, 0.1) is 0 Å². The number of alkyl halides is 17. The van der Waals surface area contributed by atoms with E-state index in [9.17, 15) is 89.0 Å². The zero-order valence-corrected chi connectivity index (χ0v) is 13.4. The Bertz CT molecular complexity index is 690. The Morgan fingerprint density at radius 3 is 0.933 bits per heavy atom. The van der Waals surface area contributed by atoms with E-state index >= 15 is 0 Å². The molecule has 0 spiro atoms. The van der Waals surface area contributed by atoms with Crippen LogP contribution >= 0.6 is 7.82 Å². The van der Waals surface area contributed by atoms with Gasteiger partial charge in [0.05, 0.1) is 7.82 Å². The smallest absolute Gasteiger partial charge is 0.460 e. The Morgan fingerprint density at radius 1 is 0.467 bits per heavy atom. The largest absolute Gasteiger partial charge is 0.790 e. The van der Waals surface area contributed by atoms with Gasteiger partial charge >= 0.3 is 47.8 Å². The van der Waals surface area contributed by atoms with Crippen molar-refractivity contribution < 1.29 is 93.5 Å². The highest BCUT2D eigenvalue weighted by Gasteiger charge is 2.95. The number of halogens is 17. The summed E-state index contributed by atoms with van der Waals surface area (Å²) in [6.45, 7) is 0. The SMILES string of the molecule is O=P([O-])([O-])OC(F)(F)C(F)(F)C(F)(F)C(F)(F)C(F)(F)C(F)(F)C(F)(F)C(F)(F)F. The second-order valence-electron chi connectivity index (χ2n) is 5.00. The molecule has 22 heteroatoms. The van der Waals surface area contributed by atoms with Crippen LogP contribution in [0.25, 0.3) is 0 Å². The maximum atomic E-state index is 13.1. The molecule has 0 aromatic rings. The third-order valence-electron chi connectivity index (χ3n) is 2.92. The van der Waals surface area contributed by atoms with E-state index in [1.807, 2.05) is 0 Å². The molecule has 0 saturated heterocycles. The Hall–Kier alpha value is -1.08. The fourth-order valence-corrected chi connectivity index (χ4v) is 1.74. The molecule has 0 radical (unpaired) electrons. The van der Waals surface area contributed by atoms with Gasteiger partial charge in [-0.1, -0.05) is 0 Å². The Labute approximate surface area is 150 Å². The van der Waals surface area contributed by atoms with Gasteiger partial charge in [-0.15, -0.1) is 0 Å². The van der Waals surface area contributed by atoms with Crippen molar-refractivity contribution >= 4 is 7.82 Å².